The number of Topliss-reactive ketones (excluding diaryl/α,β-unsaturated/α-hetero) is 1. The van der Waals surface area contributed by atoms with Crippen LogP contribution in [-0.4, -0.2) is 18.9 Å². The Hall–Kier alpha value is -1.93. The summed E-state index contributed by atoms with van der Waals surface area (Å²) in [6, 6.07) is 13.5. The Morgan fingerprint density at radius 2 is 1.52 bits per heavy atom. The molecule has 0 radical (unpaired) electrons. The second kappa shape index (κ2) is 9.26. The summed E-state index contributed by atoms with van der Waals surface area (Å²) in [5, 5.41) is 3.48. The van der Waals surface area contributed by atoms with Crippen molar-refractivity contribution in [2.45, 2.75) is 71.1 Å². The van der Waals surface area contributed by atoms with Crippen LogP contribution in [0.25, 0.3) is 0 Å². The Kier molecular flexibility index (Phi) is 6.50. The number of fused-ring (bicyclic) bond motifs is 2. The van der Waals surface area contributed by atoms with Gasteiger partial charge in [0.2, 0.25) is 0 Å². The number of aryl methyl sites for hydroxylation is 4. The molecule has 2 heteroatoms. The zero-order chi connectivity index (χ0) is 20.2. The van der Waals surface area contributed by atoms with Crippen molar-refractivity contribution in [2.75, 3.05) is 13.1 Å². The molecule has 2 nitrogen and oxygen atoms in total. The molecule has 3 aliphatic rings. The zero-order valence-corrected chi connectivity index (χ0v) is 18.1. The first-order valence-corrected chi connectivity index (χ1v) is 11.7. The van der Waals surface area contributed by atoms with E-state index in [4.69, 9.17) is 0 Å². The van der Waals surface area contributed by atoms with E-state index >= 15 is 0 Å². The summed E-state index contributed by atoms with van der Waals surface area (Å²) in [7, 11) is 0. The second-order valence-corrected chi connectivity index (χ2v) is 8.89. The number of rotatable bonds is 3. The van der Waals surface area contributed by atoms with Crippen LogP contribution < -0.4 is 5.32 Å². The average molecular weight is 390 g/mol. The van der Waals surface area contributed by atoms with Crippen LogP contribution in [0.2, 0.25) is 0 Å². The van der Waals surface area contributed by atoms with Gasteiger partial charge in [0, 0.05) is 12.0 Å². The minimum Gasteiger partial charge on any atom is -0.317 e. The van der Waals surface area contributed by atoms with E-state index < -0.39 is 0 Å². The highest BCUT2D eigenvalue weighted by Gasteiger charge is 2.30. The van der Waals surface area contributed by atoms with Gasteiger partial charge in [0.25, 0.3) is 0 Å². The lowest BCUT2D eigenvalue weighted by molar-refractivity contribution is 0.0994. The van der Waals surface area contributed by atoms with E-state index in [1.54, 1.807) is 11.1 Å². The van der Waals surface area contributed by atoms with Crippen molar-refractivity contribution in [3.63, 3.8) is 0 Å². The van der Waals surface area contributed by atoms with E-state index in [9.17, 15) is 4.79 Å². The highest BCUT2D eigenvalue weighted by Crippen LogP contribution is 2.42. The first kappa shape index (κ1) is 20.3. The molecule has 1 heterocycles. The third-order valence-corrected chi connectivity index (χ3v) is 7.20. The minimum absolute atomic E-state index is 0.320. The Balaban J connectivity index is 0.000000150. The summed E-state index contributed by atoms with van der Waals surface area (Å²) in [5.74, 6) is 2.11. The van der Waals surface area contributed by atoms with Crippen molar-refractivity contribution in [1.29, 1.82) is 0 Å². The third kappa shape index (κ3) is 4.48. The van der Waals surface area contributed by atoms with E-state index in [1.807, 2.05) is 6.07 Å². The predicted octanol–water partition coefficient (Wildman–Crippen LogP) is 5.66. The van der Waals surface area contributed by atoms with Gasteiger partial charge in [0.1, 0.15) is 0 Å². The van der Waals surface area contributed by atoms with Crippen molar-refractivity contribution in [3.8, 4) is 0 Å². The number of nitrogens with one attached hydrogen (secondary N) is 1. The van der Waals surface area contributed by atoms with Crippen LogP contribution in [0.4, 0.5) is 0 Å². The largest absolute Gasteiger partial charge is 0.317 e. The Morgan fingerprint density at radius 3 is 2.24 bits per heavy atom. The molecule has 29 heavy (non-hydrogen) atoms. The van der Waals surface area contributed by atoms with Crippen LogP contribution >= 0.6 is 0 Å². The number of carbonyl (C=O) groups is 1. The molecule has 0 bridgehead atoms. The molecule has 1 N–H and O–H groups in total. The first-order valence-electron chi connectivity index (χ1n) is 11.7. The zero-order valence-electron chi connectivity index (χ0n) is 18.1. The van der Waals surface area contributed by atoms with Crippen LogP contribution in [0.3, 0.4) is 0 Å². The molecule has 0 aromatic heterocycles. The molecule has 1 unspecified atom stereocenters. The van der Waals surface area contributed by atoms with Gasteiger partial charge in [-0.3, -0.25) is 4.79 Å². The molecular formula is C27H35NO. The Bertz CT molecular complexity index is 863. The maximum Gasteiger partial charge on any atom is 0.163 e. The van der Waals surface area contributed by atoms with Crippen LogP contribution in [0, 0.1) is 5.92 Å². The number of carbonyl (C=O) groups excluding carboxylic acids is 1. The van der Waals surface area contributed by atoms with E-state index in [1.165, 1.54) is 61.9 Å². The Morgan fingerprint density at radius 1 is 0.828 bits per heavy atom. The lowest BCUT2D eigenvalue weighted by Gasteiger charge is -2.28. The molecule has 2 aliphatic carbocycles. The fraction of sp³-hybridized carbons (Fsp3) is 0.519. The van der Waals surface area contributed by atoms with Crippen LogP contribution in [0.1, 0.15) is 83.6 Å². The molecule has 0 saturated carbocycles. The number of piperidine rings is 1. The fourth-order valence-electron chi connectivity index (χ4n) is 5.34. The average Bonchev–Trinajstić information content (AvgIpc) is 3.37. The smallest absolute Gasteiger partial charge is 0.163 e. The van der Waals surface area contributed by atoms with E-state index in [2.05, 4.69) is 49.5 Å². The van der Waals surface area contributed by atoms with Gasteiger partial charge >= 0.3 is 0 Å². The van der Waals surface area contributed by atoms with Crippen molar-refractivity contribution < 1.29 is 4.79 Å². The number of hydrogen-bond acceptors (Lipinski definition) is 2. The number of hydrogen-bond donors (Lipinski definition) is 1. The molecule has 1 saturated heterocycles. The molecule has 5 rings (SSSR count). The Labute approximate surface area is 176 Å². The maximum absolute atomic E-state index is 11.3. The molecule has 1 atom stereocenters. The highest BCUT2D eigenvalue weighted by molar-refractivity contribution is 6.00. The van der Waals surface area contributed by atoms with Gasteiger partial charge in [-0.1, -0.05) is 44.2 Å². The van der Waals surface area contributed by atoms with Gasteiger partial charge < -0.3 is 5.32 Å². The number of ketones is 1. The van der Waals surface area contributed by atoms with Crippen LogP contribution in [0.5, 0.6) is 0 Å². The van der Waals surface area contributed by atoms with Gasteiger partial charge in [-0.05, 0) is 104 Å². The first-order chi connectivity index (χ1) is 14.2. The lowest BCUT2D eigenvalue weighted by atomic mass is 9.81. The monoisotopic (exact) mass is 389 g/mol. The molecule has 0 spiro atoms. The van der Waals surface area contributed by atoms with Gasteiger partial charge in [-0.25, -0.2) is 0 Å². The van der Waals surface area contributed by atoms with Crippen LogP contribution in [-0.2, 0) is 25.7 Å². The summed E-state index contributed by atoms with van der Waals surface area (Å²) in [6.07, 6.45) is 9.30. The molecule has 2 aromatic rings. The summed E-state index contributed by atoms with van der Waals surface area (Å²) in [6.45, 7) is 6.82. The van der Waals surface area contributed by atoms with E-state index in [0.29, 0.717) is 12.2 Å². The minimum atomic E-state index is 0.320. The summed E-state index contributed by atoms with van der Waals surface area (Å²) in [5.41, 5.74) is 8.31. The lowest BCUT2D eigenvalue weighted by Crippen LogP contribution is -2.30. The maximum atomic E-state index is 11.3. The molecule has 1 fully saturated rings. The summed E-state index contributed by atoms with van der Waals surface area (Å²) >= 11 is 0. The molecule has 0 amide bonds. The predicted molar refractivity (Wildman–Crippen MR) is 121 cm³/mol. The summed E-state index contributed by atoms with van der Waals surface area (Å²) in [4.78, 5) is 11.3. The normalized spacial score (nSPS) is 20.8. The van der Waals surface area contributed by atoms with Gasteiger partial charge in [-0.15, -0.1) is 0 Å². The third-order valence-electron chi connectivity index (χ3n) is 7.20. The quantitative estimate of drug-likeness (QED) is 0.734. The van der Waals surface area contributed by atoms with Gasteiger partial charge in [0.05, 0.1) is 0 Å². The van der Waals surface area contributed by atoms with Crippen molar-refractivity contribution in [1.82, 2.24) is 5.32 Å². The molecule has 154 valence electrons. The van der Waals surface area contributed by atoms with Crippen LogP contribution in [0.15, 0.2) is 36.4 Å². The fourth-order valence-corrected chi connectivity index (χ4v) is 5.34. The van der Waals surface area contributed by atoms with Crippen molar-refractivity contribution in [2.24, 2.45) is 5.92 Å². The molecule has 2 aromatic carbocycles. The summed E-state index contributed by atoms with van der Waals surface area (Å²) < 4.78 is 0. The SMILES string of the molecule is CCc1ccc2c(c1)C(=O)CC2.CCc1ccc2c(c1)C(C1CCNCC1)CC2. The van der Waals surface area contributed by atoms with E-state index in [0.717, 1.165) is 30.2 Å². The molecule has 1 aliphatic heterocycles. The van der Waals surface area contributed by atoms with Gasteiger partial charge in [-0.2, -0.15) is 0 Å². The van der Waals surface area contributed by atoms with Crippen molar-refractivity contribution in [3.05, 3.63) is 69.8 Å². The van der Waals surface area contributed by atoms with Crippen molar-refractivity contribution >= 4 is 5.78 Å². The van der Waals surface area contributed by atoms with Gasteiger partial charge in [0.15, 0.2) is 5.78 Å². The molecular weight excluding hydrogens is 354 g/mol. The standard InChI is InChI=1S/C16H23N.C11H12O/c1-2-12-3-4-13-5-6-15(16(13)11-12)14-7-9-17-10-8-14;1-2-8-3-4-9-5-6-11(12)10(9)7-8/h3-4,11,14-15,17H,2,5-10H2,1H3;3-4,7H,2,5-6H2,1H3. The highest BCUT2D eigenvalue weighted by atomic mass is 16.1. The van der Waals surface area contributed by atoms with E-state index in [-0.39, 0.29) is 0 Å². The number of benzene rings is 2. The second-order valence-electron chi connectivity index (χ2n) is 8.89. The topological polar surface area (TPSA) is 29.1 Å².